The van der Waals surface area contributed by atoms with E-state index in [4.69, 9.17) is 0 Å². The maximum atomic E-state index is 13.3. The number of piperazine rings is 1. The van der Waals surface area contributed by atoms with Gasteiger partial charge in [-0.25, -0.2) is 13.4 Å². The minimum absolute atomic E-state index is 0.126. The highest BCUT2D eigenvalue weighted by atomic mass is 32.2. The third kappa shape index (κ3) is 3.95. The monoisotopic (exact) mass is 469 g/mol. The number of carboxylic acids is 1. The van der Waals surface area contributed by atoms with Crippen molar-refractivity contribution in [1.29, 1.82) is 0 Å². The molecule has 1 aromatic carbocycles. The fraction of sp³-hybridized carbons (Fsp3) is 0.429. The summed E-state index contributed by atoms with van der Waals surface area (Å²) in [7, 11) is -3.85. The van der Waals surface area contributed by atoms with E-state index < -0.39 is 33.1 Å². The number of carboxylic acid groups (broad SMARTS) is 1. The number of hydrogen-bond acceptors (Lipinski definition) is 5. The summed E-state index contributed by atoms with van der Waals surface area (Å²) in [5, 5.41) is 9.55. The van der Waals surface area contributed by atoms with E-state index in [2.05, 4.69) is 4.98 Å². The zero-order chi connectivity index (χ0) is 23.3. The Kier molecular flexibility index (Phi) is 5.44. The number of aromatic nitrogens is 1. The third-order valence-corrected chi connectivity index (χ3v) is 8.13. The first-order chi connectivity index (χ1) is 14.9. The zero-order valence-corrected chi connectivity index (χ0v) is 18.1. The second-order valence-electron chi connectivity index (χ2n) is 8.41. The minimum Gasteiger partial charge on any atom is -0.481 e. The Bertz CT molecular complexity index is 1140. The van der Waals surface area contributed by atoms with Crippen molar-refractivity contribution in [3.63, 3.8) is 0 Å². The van der Waals surface area contributed by atoms with Gasteiger partial charge in [-0.15, -0.1) is 0 Å². The molecule has 1 aromatic heterocycles. The average Bonchev–Trinajstić information content (AvgIpc) is 3.11. The summed E-state index contributed by atoms with van der Waals surface area (Å²) in [5.74, 6) is -0.609. The summed E-state index contributed by atoms with van der Waals surface area (Å²) in [5.41, 5.74) is -0.609. The molecule has 0 radical (unpaired) electrons. The number of carbonyl (C=O) groups is 1. The van der Waals surface area contributed by atoms with Crippen LogP contribution in [0.5, 0.6) is 0 Å². The Hall–Kier alpha value is -2.66. The van der Waals surface area contributed by atoms with E-state index in [0.29, 0.717) is 11.4 Å². The Morgan fingerprint density at radius 3 is 2.34 bits per heavy atom. The second kappa shape index (κ2) is 7.73. The fourth-order valence-electron chi connectivity index (χ4n) is 4.28. The highest BCUT2D eigenvalue weighted by molar-refractivity contribution is 7.89. The van der Waals surface area contributed by atoms with Crippen molar-refractivity contribution in [1.82, 2.24) is 9.29 Å². The van der Waals surface area contributed by atoms with Crippen LogP contribution in [0.3, 0.4) is 0 Å². The Labute approximate surface area is 183 Å². The van der Waals surface area contributed by atoms with Gasteiger partial charge < -0.3 is 10.0 Å². The molecule has 1 aliphatic carbocycles. The number of benzene rings is 1. The van der Waals surface area contributed by atoms with Crippen molar-refractivity contribution in [2.45, 2.75) is 30.8 Å². The van der Waals surface area contributed by atoms with Crippen molar-refractivity contribution >= 4 is 21.8 Å². The molecular formula is C21H22F3N3O4S. The molecule has 4 rings (SSSR count). The first-order valence-electron chi connectivity index (χ1n) is 10.0. The smallest absolute Gasteiger partial charge is 0.417 e. The first kappa shape index (κ1) is 22.5. The van der Waals surface area contributed by atoms with Crippen LogP contribution in [0.4, 0.5) is 19.0 Å². The molecule has 0 amide bonds. The Balaban J connectivity index is 1.50. The third-order valence-electron chi connectivity index (χ3n) is 6.15. The van der Waals surface area contributed by atoms with Crippen LogP contribution in [-0.2, 0) is 33.8 Å². The van der Waals surface area contributed by atoms with Gasteiger partial charge in [0.1, 0.15) is 5.82 Å². The number of hydrogen-bond donors (Lipinski definition) is 1. The molecule has 0 spiro atoms. The zero-order valence-electron chi connectivity index (χ0n) is 17.3. The van der Waals surface area contributed by atoms with Crippen LogP contribution in [-0.4, -0.2) is 55.0 Å². The lowest BCUT2D eigenvalue weighted by Crippen LogP contribution is -2.49. The molecule has 1 atom stereocenters. The Morgan fingerprint density at radius 2 is 1.78 bits per heavy atom. The average molecular weight is 469 g/mol. The number of rotatable bonds is 4. The minimum atomic E-state index is -4.47. The summed E-state index contributed by atoms with van der Waals surface area (Å²) in [6.45, 7) is 2.45. The molecular weight excluding hydrogens is 447 g/mol. The van der Waals surface area contributed by atoms with Gasteiger partial charge in [-0.05, 0) is 49.1 Å². The van der Waals surface area contributed by atoms with E-state index >= 15 is 0 Å². The van der Waals surface area contributed by atoms with Gasteiger partial charge in [-0.2, -0.15) is 17.5 Å². The summed E-state index contributed by atoms with van der Waals surface area (Å²) in [6.07, 6.45) is -3.28. The lowest BCUT2D eigenvalue weighted by molar-refractivity contribution is -0.147. The lowest BCUT2D eigenvalue weighted by atomic mass is 9.88. The quantitative estimate of drug-likeness (QED) is 0.741. The van der Waals surface area contributed by atoms with Crippen LogP contribution in [0.2, 0.25) is 0 Å². The van der Waals surface area contributed by atoms with Crippen LogP contribution in [0.25, 0.3) is 0 Å². The van der Waals surface area contributed by atoms with Crippen molar-refractivity contribution in [3.05, 3.63) is 53.2 Å². The predicted octanol–water partition coefficient (Wildman–Crippen LogP) is 2.80. The van der Waals surface area contributed by atoms with Crippen LogP contribution in [0.15, 0.2) is 41.4 Å². The van der Waals surface area contributed by atoms with Crippen molar-refractivity contribution in [3.8, 4) is 0 Å². The molecule has 172 valence electrons. The van der Waals surface area contributed by atoms with Gasteiger partial charge in [-0.1, -0.05) is 12.1 Å². The highest BCUT2D eigenvalue weighted by Gasteiger charge is 2.43. The maximum absolute atomic E-state index is 13.3. The molecule has 11 heteroatoms. The fourth-order valence-corrected chi connectivity index (χ4v) is 5.97. The van der Waals surface area contributed by atoms with E-state index in [0.717, 1.165) is 17.8 Å². The van der Waals surface area contributed by atoms with Gasteiger partial charge in [0.05, 0.1) is 15.9 Å². The van der Waals surface area contributed by atoms with Crippen molar-refractivity contribution < 1.29 is 31.5 Å². The molecule has 1 fully saturated rings. The van der Waals surface area contributed by atoms with Crippen molar-refractivity contribution in [2.75, 3.05) is 31.1 Å². The molecule has 2 heterocycles. The molecule has 1 saturated heterocycles. The summed E-state index contributed by atoms with van der Waals surface area (Å²) >= 11 is 0. The molecule has 1 N–H and O–H groups in total. The van der Waals surface area contributed by atoms with Crippen LogP contribution >= 0.6 is 0 Å². The van der Waals surface area contributed by atoms with E-state index in [1.54, 1.807) is 24.0 Å². The van der Waals surface area contributed by atoms with E-state index in [1.807, 2.05) is 0 Å². The van der Waals surface area contributed by atoms with E-state index in [1.165, 1.54) is 16.4 Å². The maximum Gasteiger partial charge on any atom is 0.417 e. The topological polar surface area (TPSA) is 90.8 Å². The number of aliphatic carboxylic acids is 1. The number of fused-ring (bicyclic) bond motifs is 1. The largest absolute Gasteiger partial charge is 0.481 e. The van der Waals surface area contributed by atoms with Gasteiger partial charge >= 0.3 is 12.1 Å². The number of halogens is 3. The number of pyridine rings is 1. The van der Waals surface area contributed by atoms with E-state index in [9.17, 15) is 31.5 Å². The Morgan fingerprint density at radius 1 is 1.09 bits per heavy atom. The van der Waals surface area contributed by atoms with Gasteiger partial charge in [-0.3, -0.25) is 4.79 Å². The van der Waals surface area contributed by atoms with Gasteiger partial charge in [0, 0.05) is 32.4 Å². The number of anilines is 1. The molecule has 2 aromatic rings. The van der Waals surface area contributed by atoms with Gasteiger partial charge in [0.2, 0.25) is 10.0 Å². The van der Waals surface area contributed by atoms with Gasteiger partial charge in [0.25, 0.3) is 0 Å². The summed E-state index contributed by atoms with van der Waals surface area (Å²) < 4.78 is 66.2. The molecule has 0 bridgehead atoms. The number of sulfonamides is 1. The SMILES string of the molecule is CC1(C(=O)O)Cc2cccc(S(=O)(=O)N3CCN(c4ccc(C(F)(F)F)cn4)CC3)c2C1. The normalized spacial score (nSPS) is 22.1. The molecule has 1 aliphatic heterocycles. The lowest BCUT2D eigenvalue weighted by Gasteiger charge is -2.35. The molecule has 32 heavy (non-hydrogen) atoms. The van der Waals surface area contributed by atoms with Gasteiger partial charge in [0.15, 0.2) is 0 Å². The summed E-state index contributed by atoms with van der Waals surface area (Å²) in [4.78, 5) is 17.4. The van der Waals surface area contributed by atoms with Crippen molar-refractivity contribution in [2.24, 2.45) is 5.41 Å². The second-order valence-corrected chi connectivity index (χ2v) is 10.3. The summed E-state index contributed by atoms with van der Waals surface area (Å²) in [6, 6.07) is 7.13. The molecule has 7 nitrogen and oxygen atoms in total. The first-order valence-corrected chi connectivity index (χ1v) is 11.5. The van der Waals surface area contributed by atoms with Crippen LogP contribution in [0, 0.1) is 5.41 Å². The molecule has 0 saturated carbocycles. The molecule has 2 aliphatic rings. The number of alkyl halides is 3. The van der Waals surface area contributed by atoms with Crippen LogP contribution in [0.1, 0.15) is 23.6 Å². The van der Waals surface area contributed by atoms with E-state index in [-0.39, 0.29) is 43.9 Å². The molecule has 1 unspecified atom stereocenters. The van der Waals surface area contributed by atoms with Crippen LogP contribution < -0.4 is 4.90 Å². The standard InChI is InChI=1S/C21H22F3N3O4S/c1-20(19(28)29)11-14-3-2-4-17(16(14)12-20)32(30,31)27-9-7-26(8-10-27)18-6-5-15(13-25-18)21(22,23)24/h2-6,13H,7-12H2,1H3,(H,28,29). The highest BCUT2D eigenvalue weighted by Crippen LogP contribution is 2.40. The predicted molar refractivity (Wildman–Crippen MR) is 110 cm³/mol. The number of nitrogens with zero attached hydrogens (tertiary/aromatic N) is 3.